The topological polar surface area (TPSA) is 38.3 Å². The number of ether oxygens (including phenoxy) is 1. The van der Waals surface area contributed by atoms with Crippen LogP contribution in [0.25, 0.3) is 10.8 Å². The first kappa shape index (κ1) is 15.6. The van der Waals surface area contributed by atoms with Gasteiger partial charge in [-0.1, -0.05) is 42.5 Å². The molecule has 0 aliphatic carbocycles. The van der Waals surface area contributed by atoms with Gasteiger partial charge in [0.1, 0.15) is 5.75 Å². The maximum atomic E-state index is 12.0. The Balaban J connectivity index is 1.68. The number of halogens is 1. The van der Waals surface area contributed by atoms with Gasteiger partial charge in [0.15, 0.2) is 6.61 Å². The Bertz CT molecular complexity index is 861. The van der Waals surface area contributed by atoms with Gasteiger partial charge in [-0.15, -0.1) is 0 Å². The van der Waals surface area contributed by atoms with Gasteiger partial charge in [-0.25, -0.2) is 0 Å². The van der Waals surface area contributed by atoms with Crippen LogP contribution in [0.5, 0.6) is 5.75 Å². The van der Waals surface area contributed by atoms with Crippen LogP contribution in [0.15, 0.2) is 65.1 Å². The molecule has 0 unspecified atom stereocenters. The standard InChI is InChI=1S/C19H16BrNO2/c1-13-5-4-7-15(11-13)21-18(22)12-23-17-10-9-14-6-2-3-8-16(14)19(17)20/h2-11H,12H2,1H3,(H,21,22). The largest absolute Gasteiger partial charge is 0.483 e. The van der Waals surface area contributed by atoms with Crippen molar-refractivity contribution < 1.29 is 9.53 Å². The lowest BCUT2D eigenvalue weighted by molar-refractivity contribution is -0.118. The van der Waals surface area contributed by atoms with Crippen molar-refractivity contribution in [2.75, 3.05) is 11.9 Å². The molecule has 3 aromatic rings. The summed E-state index contributed by atoms with van der Waals surface area (Å²) in [5.41, 5.74) is 1.87. The molecule has 1 amide bonds. The van der Waals surface area contributed by atoms with E-state index in [0.717, 1.165) is 26.5 Å². The van der Waals surface area contributed by atoms with Crippen LogP contribution in [0.1, 0.15) is 5.56 Å². The third-order valence-corrected chi connectivity index (χ3v) is 4.31. The molecular weight excluding hydrogens is 354 g/mol. The fraction of sp³-hybridized carbons (Fsp3) is 0.105. The van der Waals surface area contributed by atoms with Crippen molar-refractivity contribution in [3.63, 3.8) is 0 Å². The summed E-state index contributed by atoms with van der Waals surface area (Å²) in [6.45, 7) is 1.95. The molecule has 3 rings (SSSR count). The number of rotatable bonds is 4. The summed E-state index contributed by atoms with van der Waals surface area (Å²) < 4.78 is 6.51. The highest BCUT2D eigenvalue weighted by Gasteiger charge is 2.09. The van der Waals surface area contributed by atoms with E-state index in [0.29, 0.717) is 5.75 Å². The Labute approximate surface area is 143 Å². The first-order valence-corrected chi connectivity index (χ1v) is 8.09. The molecule has 23 heavy (non-hydrogen) atoms. The maximum Gasteiger partial charge on any atom is 0.262 e. The zero-order valence-corrected chi connectivity index (χ0v) is 14.3. The van der Waals surface area contributed by atoms with E-state index in [2.05, 4.69) is 21.2 Å². The number of aryl methyl sites for hydroxylation is 1. The van der Waals surface area contributed by atoms with E-state index in [1.165, 1.54) is 0 Å². The van der Waals surface area contributed by atoms with E-state index in [1.54, 1.807) is 0 Å². The Kier molecular flexibility index (Phi) is 4.63. The number of nitrogens with one attached hydrogen (secondary N) is 1. The van der Waals surface area contributed by atoms with Crippen LogP contribution < -0.4 is 10.1 Å². The molecule has 0 spiro atoms. The summed E-state index contributed by atoms with van der Waals surface area (Å²) in [7, 11) is 0. The summed E-state index contributed by atoms with van der Waals surface area (Å²) in [4.78, 5) is 12.0. The highest BCUT2D eigenvalue weighted by atomic mass is 79.9. The van der Waals surface area contributed by atoms with Crippen molar-refractivity contribution >= 4 is 38.3 Å². The van der Waals surface area contributed by atoms with Crippen LogP contribution in [-0.2, 0) is 4.79 Å². The number of benzene rings is 3. The number of fused-ring (bicyclic) bond motifs is 1. The SMILES string of the molecule is Cc1cccc(NC(=O)COc2ccc3ccccc3c2Br)c1. The van der Waals surface area contributed by atoms with Gasteiger partial charge in [-0.05, 0) is 57.4 Å². The van der Waals surface area contributed by atoms with Crippen molar-refractivity contribution in [3.05, 3.63) is 70.7 Å². The summed E-state index contributed by atoms with van der Waals surface area (Å²) in [5.74, 6) is 0.471. The average molecular weight is 370 g/mol. The smallest absolute Gasteiger partial charge is 0.262 e. The Morgan fingerprint density at radius 1 is 1.09 bits per heavy atom. The normalized spacial score (nSPS) is 10.5. The van der Waals surface area contributed by atoms with Crippen LogP contribution in [0.3, 0.4) is 0 Å². The van der Waals surface area contributed by atoms with E-state index in [9.17, 15) is 4.79 Å². The minimum absolute atomic E-state index is 0.0368. The number of carbonyl (C=O) groups is 1. The Hall–Kier alpha value is -2.33. The lowest BCUT2D eigenvalue weighted by Gasteiger charge is -2.11. The van der Waals surface area contributed by atoms with Crippen molar-refractivity contribution in [2.24, 2.45) is 0 Å². The molecule has 0 saturated heterocycles. The van der Waals surface area contributed by atoms with Crippen molar-refractivity contribution in [1.29, 1.82) is 0 Å². The molecule has 0 atom stereocenters. The Morgan fingerprint density at radius 2 is 1.91 bits per heavy atom. The predicted octanol–water partition coefficient (Wildman–Crippen LogP) is 4.93. The van der Waals surface area contributed by atoms with E-state index in [4.69, 9.17) is 4.74 Å². The fourth-order valence-corrected chi connectivity index (χ4v) is 3.00. The van der Waals surface area contributed by atoms with Crippen LogP contribution in [0.2, 0.25) is 0 Å². The van der Waals surface area contributed by atoms with Crippen LogP contribution in [0.4, 0.5) is 5.69 Å². The monoisotopic (exact) mass is 369 g/mol. The number of hydrogen-bond acceptors (Lipinski definition) is 2. The molecule has 0 radical (unpaired) electrons. The molecule has 0 aliphatic heterocycles. The summed E-state index contributed by atoms with van der Waals surface area (Å²) in [6.07, 6.45) is 0. The molecule has 0 heterocycles. The zero-order chi connectivity index (χ0) is 16.2. The molecule has 0 bridgehead atoms. The fourth-order valence-electron chi connectivity index (χ4n) is 2.39. The molecule has 0 saturated carbocycles. The van der Waals surface area contributed by atoms with Gasteiger partial charge in [-0.3, -0.25) is 4.79 Å². The third-order valence-electron chi connectivity index (χ3n) is 3.49. The molecular formula is C19H16BrNO2. The summed E-state index contributed by atoms with van der Waals surface area (Å²) >= 11 is 3.55. The van der Waals surface area contributed by atoms with Crippen LogP contribution in [-0.4, -0.2) is 12.5 Å². The van der Waals surface area contributed by atoms with Gasteiger partial charge in [0.2, 0.25) is 0 Å². The minimum Gasteiger partial charge on any atom is -0.483 e. The summed E-state index contributed by atoms with van der Waals surface area (Å²) in [5, 5.41) is 5.01. The van der Waals surface area contributed by atoms with Gasteiger partial charge >= 0.3 is 0 Å². The number of amides is 1. The molecule has 0 fully saturated rings. The molecule has 4 heteroatoms. The van der Waals surface area contributed by atoms with Gasteiger partial charge < -0.3 is 10.1 Å². The van der Waals surface area contributed by atoms with Crippen molar-refractivity contribution in [3.8, 4) is 5.75 Å². The van der Waals surface area contributed by atoms with E-state index < -0.39 is 0 Å². The van der Waals surface area contributed by atoms with Crippen molar-refractivity contribution in [1.82, 2.24) is 0 Å². The van der Waals surface area contributed by atoms with Gasteiger partial charge in [-0.2, -0.15) is 0 Å². The van der Waals surface area contributed by atoms with Gasteiger partial charge in [0, 0.05) is 5.69 Å². The highest BCUT2D eigenvalue weighted by molar-refractivity contribution is 9.10. The highest BCUT2D eigenvalue weighted by Crippen LogP contribution is 2.32. The molecule has 0 aliphatic rings. The Morgan fingerprint density at radius 3 is 2.74 bits per heavy atom. The van der Waals surface area contributed by atoms with E-state index >= 15 is 0 Å². The second kappa shape index (κ2) is 6.84. The van der Waals surface area contributed by atoms with E-state index in [-0.39, 0.29) is 12.5 Å². The number of carbonyl (C=O) groups excluding carboxylic acids is 1. The zero-order valence-electron chi connectivity index (χ0n) is 12.7. The van der Waals surface area contributed by atoms with Gasteiger partial charge in [0.25, 0.3) is 5.91 Å². The second-order valence-corrected chi connectivity index (χ2v) is 6.10. The maximum absolute atomic E-state index is 12.0. The first-order chi connectivity index (χ1) is 11.1. The lowest BCUT2D eigenvalue weighted by atomic mass is 10.1. The number of hydrogen-bond donors (Lipinski definition) is 1. The molecule has 3 nitrogen and oxygen atoms in total. The van der Waals surface area contributed by atoms with Crippen LogP contribution in [0, 0.1) is 6.92 Å². The molecule has 3 aromatic carbocycles. The molecule has 0 aromatic heterocycles. The molecule has 116 valence electrons. The average Bonchev–Trinajstić information content (AvgIpc) is 2.54. The minimum atomic E-state index is -0.185. The number of anilines is 1. The van der Waals surface area contributed by atoms with E-state index in [1.807, 2.05) is 67.6 Å². The lowest BCUT2D eigenvalue weighted by Crippen LogP contribution is -2.20. The predicted molar refractivity (Wildman–Crippen MR) is 97.0 cm³/mol. The first-order valence-electron chi connectivity index (χ1n) is 7.30. The quantitative estimate of drug-likeness (QED) is 0.707. The van der Waals surface area contributed by atoms with Crippen molar-refractivity contribution in [2.45, 2.75) is 6.92 Å². The second-order valence-electron chi connectivity index (χ2n) is 5.31. The van der Waals surface area contributed by atoms with Gasteiger partial charge in [0.05, 0.1) is 4.47 Å². The van der Waals surface area contributed by atoms with Crippen LogP contribution >= 0.6 is 15.9 Å². The summed E-state index contributed by atoms with van der Waals surface area (Å²) in [6, 6.07) is 19.5. The molecule has 1 N–H and O–H groups in total. The third kappa shape index (κ3) is 3.71.